The summed E-state index contributed by atoms with van der Waals surface area (Å²) in [5.41, 5.74) is 0. The Bertz CT molecular complexity index is 330. The van der Waals surface area contributed by atoms with E-state index in [0.717, 1.165) is 24.7 Å². The van der Waals surface area contributed by atoms with Crippen LogP contribution in [0.3, 0.4) is 0 Å². The number of aryl methyl sites for hydroxylation is 1. The normalized spacial score (nSPS) is 10.6. The Morgan fingerprint density at radius 2 is 2.33 bits per heavy atom. The topological polar surface area (TPSA) is 29.5 Å². The fourth-order valence-electron chi connectivity index (χ4n) is 1.69. The van der Waals surface area contributed by atoms with E-state index in [1.165, 1.54) is 4.88 Å². The maximum Gasteiger partial charge on any atom is 0.222 e. The highest BCUT2D eigenvalue weighted by Crippen LogP contribution is 2.12. The fraction of sp³-hybridized carbons (Fsp3) is 0.615. The van der Waals surface area contributed by atoms with Gasteiger partial charge in [-0.15, -0.1) is 11.3 Å². The van der Waals surface area contributed by atoms with Gasteiger partial charge in [0.15, 0.2) is 0 Å². The molecule has 1 rings (SSSR count). The number of amides is 1. The van der Waals surface area contributed by atoms with E-state index in [2.05, 4.69) is 33.4 Å². The van der Waals surface area contributed by atoms with Gasteiger partial charge in [0.1, 0.15) is 0 Å². The van der Waals surface area contributed by atoms with Crippen molar-refractivity contribution in [3.63, 3.8) is 0 Å². The van der Waals surface area contributed by atoms with Crippen LogP contribution in [0.1, 0.15) is 17.7 Å². The van der Waals surface area contributed by atoms with E-state index in [0.29, 0.717) is 19.6 Å². The molecule has 0 bridgehead atoms. The molecular formula is C13H20BrNO2S. The molecule has 0 saturated carbocycles. The molecule has 0 fully saturated rings. The first kappa shape index (κ1) is 15.7. The molecule has 0 unspecified atom stereocenters. The lowest BCUT2D eigenvalue weighted by molar-refractivity contribution is -0.131. The first-order valence-electron chi connectivity index (χ1n) is 6.13. The number of thiophene rings is 1. The van der Waals surface area contributed by atoms with Crippen molar-refractivity contribution in [2.75, 3.05) is 32.1 Å². The molecule has 1 amide bonds. The molecule has 18 heavy (non-hydrogen) atoms. The molecule has 102 valence electrons. The first-order chi connectivity index (χ1) is 8.77. The lowest BCUT2D eigenvalue weighted by atomic mass is 10.2. The molecule has 0 N–H and O–H groups in total. The molecule has 0 spiro atoms. The van der Waals surface area contributed by atoms with Crippen LogP contribution in [0.25, 0.3) is 0 Å². The Morgan fingerprint density at radius 1 is 1.50 bits per heavy atom. The van der Waals surface area contributed by atoms with Crippen molar-refractivity contribution in [2.24, 2.45) is 0 Å². The summed E-state index contributed by atoms with van der Waals surface area (Å²) in [5.74, 6) is 0.225. The van der Waals surface area contributed by atoms with Gasteiger partial charge < -0.3 is 9.64 Å². The molecular weight excluding hydrogens is 314 g/mol. The molecule has 0 radical (unpaired) electrons. The Balaban J connectivity index is 2.27. The first-order valence-corrected chi connectivity index (χ1v) is 8.13. The smallest absolute Gasteiger partial charge is 0.222 e. The summed E-state index contributed by atoms with van der Waals surface area (Å²) >= 11 is 5.13. The highest BCUT2D eigenvalue weighted by atomic mass is 79.9. The molecule has 1 aromatic rings. The summed E-state index contributed by atoms with van der Waals surface area (Å²) in [6.07, 6.45) is 2.54. The average molecular weight is 334 g/mol. The summed E-state index contributed by atoms with van der Waals surface area (Å²) in [4.78, 5) is 15.2. The third-order valence-corrected chi connectivity index (χ3v) is 3.96. The van der Waals surface area contributed by atoms with Gasteiger partial charge >= 0.3 is 0 Å². The zero-order valence-electron chi connectivity index (χ0n) is 10.7. The second-order valence-electron chi connectivity index (χ2n) is 4.00. The van der Waals surface area contributed by atoms with Crippen LogP contribution in [-0.4, -0.2) is 42.9 Å². The zero-order valence-corrected chi connectivity index (χ0v) is 13.1. The number of ether oxygens (including phenoxy) is 1. The number of methoxy groups -OCH3 is 1. The lowest BCUT2D eigenvalue weighted by Gasteiger charge is -2.21. The van der Waals surface area contributed by atoms with Crippen LogP contribution in [0.15, 0.2) is 17.5 Å². The molecule has 0 saturated heterocycles. The Labute approximate surface area is 121 Å². The number of nitrogens with zero attached hydrogens (tertiary/aromatic N) is 1. The minimum atomic E-state index is 0.225. The van der Waals surface area contributed by atoms with E-state index >= 15 is 0 Å². The van der Waals surface area contributed by atoms with Gasteiger partial charge in [0.05, 0.1) is 6.61 Å². The van der Waals surface area contributed by atoms with E-state index in [4.69, 9.17) is 4.74 Å². The highest BCUT2D eigenvalue weighted by Gasteiger charge is 2.12. The van der Waals surface area contributed by atoms with Crippen molar-refractivity contribution in [1.82, 2.24) is 4.90 Å². The number of hydrogen-bond donors (Lipinski definition) is 0. The highest BCUT2D eigenvalue weighted by molar-refractivity contribution is 9.09. The standard InChI is InChI=1S/C13H20BrNO2S/c1-17-10-9-15(8-7-14)13(16)6-2-4-12-5-3-11-18-12/h3,5,11H,2,4,6-10H2,1H3. The molecule has 1 heterocycles. The summed E-state index contributed by atoms with van der Waals surface area (Å²) in [5, 5.41) is 2.89. The third-order valence-electron chi connectivity index (χ3n) is 2.67. The van der Waals surface area contributed by atoms with Crippen molar-refractivity contribution in [2.45, 2.75) is 19.3 Å². The van der Waals surface area contributed by atoms with Crippen LogP contribution in [0.5, 0.6) is 0 Å². The number of rotatable bonds is 9. The van der Waals surface area contributed by atoms with E-state index in [1.807, 2.05) is 4.90 Å². The number of hydrogen-bond acceptors (Lipinski definition) is 3. The number of alkyl halides is 1. The molecule has 0 atom stereocenters. The van der Waals surface area contributed by atoms with E-state index in [9.17, 15) is 4.79 Å². The summed E-state index contributed by atoms with van der Waals surface area (Å²) in [6.45, 7) is 2.03. The van der Waals surface area contributed by atoms with Gasteiger partial charge in [-0.1, -0.05) is 22.0 Å². The van der Waals surface area contributed by atoms with Crippen LogP contribution in [0.2, 0.25) is 0 Å². The minimum absolute atomic E-state index is 0.225. The molecule has 0 aliphatic heterocycles. The van der Waals surface area contributed by atoms with Crippen molar-refractivity contribution in [3.05, 3.63) is 22.4 Å². The van der Waals surface area contributed by atoms with Crippen LogP contribution >= 0.6 is 27.3 Å². The van der Waals surface area contributed by atoms with Crippen molar-refractivity contribution in [1.29, 1.82) is 0 Å². The molecule has 1 aromatic heterocycles. The zero-order chi connectivity index (χ0) is 13.2. The minimum Gasteiger partial charge on any atom is -0.383 e. The van der Waals surface area contributed by atoms with E-state index in [-0.39, 0.29) is 5.91 Å². The van der Waals surface area contributed by atoms with Gasteiger partial charge in [-0.3, -0.25) is 4.79 Å². The number of carbonyl (C=O) groups excluding carboxylic acids is 1. The van der Waals surface area contributed by atoms with Crippen molar-refractivity contribution >= 4 is 33.2 Å². The predicted molar refractivity (Wildman–Crippen MR) is 79.5 cm³/mol. The average Bonchev–Trinajstić information content (AvgIpc) is 2.87. The fourth-order valence-corrected chi connectivity index (χ4v) is 2.87. The summed E-state index contributed by atoms with van der Waals surface area (Å²) < 4.78 is 5.02. The molecule has 5 heteroatoms. The van der Waals surface area contributed by atoms with Gasteiger partial charge in [0, 0.05) is 36.8 Å². The van der Waals surface area contributed by atoms with E-state index in [1.54, 1.807) is 18.4 Å². The van der Waals surface area contributed by atoms with Crippen LogP contribution in [-0.2, 0) is 16.0 Å². The maximum atomic E-state index is 12.0. The van der Waals surface area contributed by atoms with Gasteiger partial charge in [0.25, 0.3) is 0 Å². The SMILES string of the molecule is COCCN(CCBr)C(=O)CCCc1cccs1. The van der Waals surface area contributed by atoms with Gasteiger partial charge in [-0.25, -0.2) is 0 Å². The number of halogens is 1. The third kappa shape index (κ3) is 5.98. The largest absolute Gasteiger partial charge is 0.383 e. The molecule has 0 aliphatic carbocycles. The lowest BCUT2D eigenvalue weighted by Crippen LogP contribution is -2.35. The van der Waals surface area contributed by atoms with Crippen LogP contribution in [0, 0.1) is 0 Å². The van der Waals surface area contributed by atoms with Gasteiger partial charge in [-0.2, -0.15) is 0 Å². The summed E-state index contributed by atoms with van der Waals surface area (Å²) in [7, 11) is 1.66. The predicted octanol–water partition coefficient (Wildman–Crippen LogP) is 2.94. The Morgan fingerprint density at radius 3 is 2.94 bits per heavy atom. The molecule has 0 aromatic carbocycles. The van der Waals surface area contributed by atoms with Gasteiger partial charge in [-0.05, 0) is 24.3 Å². The van der Waals surface area contributed by atoms with Gasteiger partial charge in [0.2, 0.25) is 5.91 Å². The summed E-state index contributed by atoms with van der Waals surface area (Å²) in [6, 6.07) is 4.17. The van der Waals surface area contributed by atoms with Crippen molar-refractivity contribution in [3.8, 4) is 0 Å². The monoisotopic (exact) mass is 333 g/mol. The van der Waals surface area contributed by atoms with Crippen LogP contribution < -0.4 is 0 Å². The second kappa shape index (κ2) is 9.53. The maximum absolute atomic E-state index is 12.0. The van der Waals surface area contributed by atoms with E-state index < -0.39 is 0 Å². The number of carbonyl (C=O) groups is 1. The van der Waals surface area contributed by atoms with Crippen molar-refractivity contribution < 1.29 is 9.53 Å². The molecule has 0 aliphatic rings. The van der Waals surface area contributed by atoms with Crippen LogP contribution in [0.4, 0.5) is 0 Å². The molecule has 3 nitrogen and oxygen atoms in total. The Hall–Kier alpha value is -0.390. The Kier molecular flexibility index (Phi) is 8.29. The quantitative estimate of drug-likeness (QED) is 0.650. The second-order valence-corrected chi connectivity index (χ2v) is 5.82.